The van der Waals surface area contributed by atoms with Crippen molar-refractivity contribution in [1.82, 2.24) is 25.1 Å². The largest absolute Gasteiger partial charge is 0.350 e. The molecular formula is C19H27N5O3. The molecule has 0 unspecified atom stereocenters. The van der Waals surface area contributed by atoms with E-state index in [1.165, 1.54) is 0 Å². The van der Waals surface area contributed by atoms with E-state index < -0.39 is 0 Å². The molecule has 3 atom stereocenters. The van der Waals surface area contributed by atoms with Crippen LogP contribution in [0.25, 0.3) is 0 Å². The summed E-state index contributed by atoms with van der Waals surface area (Å²) >= 11 is 0. The van der Waals surface area contributed by atoms with Gasteiger partial charge in [-0.25, -0.2) is 0 Å². The van der Waals surface area contributed by atoms with Gasteiger partial charge < -0.3 is 15.1 Å². The molecule has 3 rings (SSSR count). The third-order valence-electron chi connectivity index (χ3n) is 5.47. The van der Waals surface area contributed by atoms with Gasteiger partial charge in [0.25, 0.3) is 0 Å². The van der Waals surface area contributed by atoms with Crippen molar-refractivity contribution in [2.75, 3.05) is 13.1 Å². The molecule has 3 amide bonds. The SMILES string of the molecule is CCC(=O)N1CC(=O)N2[C@@H](C[C@H](C(=O)NCc3cnc(C)cn3)[C@@H]2CC)C1. The lowest BCUT2D eigenvalue weighted by atomic mass is 9.96. The highest BCUT2D eigenvalue weighted by atomic mass is 16.2. The summed E-state index contributed by atoms with van der Waals surface area (Å²) in [5.74, 6) is -0.402. The van der Waals surface area contributed by atoms with Gasteiger partial charge >= 0.3 is 0 Å². The molecule has 0 spiro atoms. The molecule has 27 heavy (non-hydrogen) atoms. The molecule has 146 valence electrons. The molecule has 2 fully saturated rings. The Morgan fingerprint density at radius 3 is 2.67 bits per heavy atom. The van der Waals surface area contributed by atoms with E-state index in [2.05, 4.69) is 15.3 Å². The van der Waals surface area contributed by atoms with Gasteiger partial charge in [-0.1, -0.05) is 13.8 Å². The Labute approximate surface area is 159 Å². The van der Waals surface area contributed by atoms with Crippen molar-refractivity contribution in [3.05, 3.63) is 23.8 Å². The number of hydrogen-bond acceptors (Lipinski definition) is 5. The monoisotopic (exact) mass is 373 g/mol. The third kappa shape index (κ3) is 3.94. The number of aromatic nitrogens is 2. The summed E-state index contributed by atoms with van der Waals surface area (Å²) in [6.45, 7) is 6.61. The van der Waals surface area contributed by atoms with Crippen LogP contribution in [0.15, 0.2) is 12.4 Å². The maximum Gasteiger partial charge on any atom is 0.242 e. The van der Waals surface area contributed by atoms with Crippen molar-refractivity contribution in [3.63, 3.8) is 0 Å². The fraction of sp³-hybridized carbons (Fsp3) is 0.632. The lowest BCUT2D eigenvalue weighted by Gasteiger charge is -2.39. The highest BCUT2D eigenvalue weighted by molar-refractivity contribution is 5.88. The van der Waals surface area contributed by atoms with Gasteiger partial charge in [-0.3, -0.25) is 24.4 Å². The molecule has 0 radical (unpaired) electrons. The van der Waals surface area contributed by atoms with E-state index in [1.807, 2.05) is 18.7 Å². The van der Waals surface area contributed by atoms with Gasteiger partial charge in [0, 0.05) is 25.2 Å². The van der Waals surface area contributed by atoms with Crippen molar-refractivity contribution in [3.8, 4) is 0 Å². The van der Waals surface area contributed by atoms with Gasteiger partial charge in [-0.2, -0.15) is 0 Å². The predicted molar refractivity (Wildman–Crippen MR) is 98.3 cm³/mol. The molecule has 8 nitrogen and oxygen atoms in total. The van der Waals surface area contributed by atoms with Crippen molar-refractivity contribution in [2.45, 2.75) is 58.7 Å². The van der Waals surface area contributed by atoms with Gasteiger partial charge in [-0.05, 0) is 19.8 Å². The molecule has 1 aromatic heterocycles. The lowest BCUT2D eigenvalue weighted by molar-refractivity contribution is -0.148. The Hall–Kier alpha value is -2.51. The normalized spacial score (nSPS) is 24.7. The van der Waals surface area contributed by atoms with Crippen molar-refractivity contribution >= 4 is 17.7 Å². The van der Waals surface area contributed by atoms with Gasteiger partial charge in [0.05, 0.1) is 42.6 Å². The second-order valence-electron chi connectivity index (χ2n) is 7.27. The van der Waals surface area contributed by atoms with Gasteiger partial charge in [0.15, 0.2) is 0 Å². The molecule has 1 aromatic rings. The van der Waals surface area contributed by atoms with Crippen LogP contribution in [0, 0.1) is 12.8 Å². The van der Waals surface area contributed by atoms with Crippen molar-refractivity contribution in [2.24, 2.45) is 5.92 Å². The molecule has 0 saturated carbocycles. The van der Waals surface area contributed by atoms with E-state index in [4.69, 9.17) is 0 Å². The van der Waals surface area contributed by atoms with Crippen LogP contribution < -0.4 is 5.32 Å². The van der Waals surface area contributed by atoms with Crippen LogP contribution in [-0.4, -0.2) is 62.7 Å². The van der Waals surface area contributed by atoms with E-state index in [0.29, 0.717) is 38.0 Å². The average Bonchev–Trinajstić information content (AvgIpc) is 3.05. The van der Waals surface area contributed by atoms with Crippen LogP contribution in [0.2, 0.25) is 0 Å². The first-order valence-electron chi connectivity index (χ1n) is 9.58. The number of piperazine rings is 1. The highest BCUT2D eigenvalue weighted by Crippen LogP contribution is 2.35. The smallest absolute Gasteiger partial charge is 0.242 e. The first-order valence-corrected chi connectivity index (χ1v) is 9.58. The maximum atomic E-state index is 12.8. The number of amides is 3. The Morgan fingerprint density at radius 1 is 1.26 bits per heavy atom. The average molecular weight is 373 g/mol. The van der Waals surface area contributed by atoms with Gasteiger partial charge in [0.1, 0.15) is 0 Å². The minimum absolute atomic E-state index is 0.0121. The number of rotatable bonds is 5. The molecule has 2 aliphatic heterocycles. The van der Waals surface area contributed by atoms with Crippen LogP contribution in [0.5, 0.6) is 0 Å². The molecule has 3 heterocycles. The fourth-order valence-electron chi connectivity index (χ4n) is 4.14. The highest BCUT2D eigenvalue weighted by Gasteiger charge is 2.49. The van der Waals surface area contributed by atoms with Crippen molar-refractivity contribution < 1.29 is 14.4 Å². The molecule has 1 N–H and O–H groups in total. The summed E-state index contributed by atoms with van der Waals surface area (Å²) in [5.41, 5.74) is 1.53. The zero-order chi connectivity index (χ0) is 19.6. The number of nitrogens with zero attached hydrogens (tertiary/aromatic N) is 4. The van der Waals surface area contributed by atoms with E-state index in [-0.39, 0.29) is 42.3 Å². The summed E-state index contributed by atoms with van der Waals surface area (Å²) in [6, 6.07) is -0.202. The van der Waals surface area contributed by atoms with Crippen LogP contribution >= 0.6 is 0 Å². The van der Waals surface area contributed by atoms with Crippen molar-refractivity contribution in [1.29, 1.82) is 0 Å². The Kier molecular flexibility index (Phi) is 5.72. The molecular weight excluding hydrogens is 346 g/mol. The summed E-state index contributed by atoms with van der Waals surface area (Å²) in [4.78, 5) is 49.4. The standard InChI is InChI=1S/C19H27N5O3/c1-4-16-15(19(27)22-9-13-8-20-12(3)7-21-13)6-14-10-23(17(25)5-2)11-18(26)24(14)16/h7-8,14-16H,4-6,9-11H2,1-3H3,(H,22,27)/t14-,15-,16-/m0/s1. The molecule has 2 aliphatic rings. The molecule has 8 heteroatoms. The molecule has 0 bridgehead atoms. The van der Waals surface area contributed by atoms with Crippen LogP contribution in [-0.2, 0) is 20.9 Å². The molecule has 0 aliphatic carbocycles. The Bertz CT molecular complexity index is 721. The first-order chi connectivity index (χ1) is 12.9. The molecule has 2 saturated heterocycles. The molecule has 0 aromatic carbocycles. The zero-order valence-corrected chi connectivity index (χ0v) is 16.1. The van der Waals surface area contributed by atoms with Crippen LogP contribution in [0.4, 0.5) is 0 Å². The number of carbonyl (C=O) groups is 3. The first kappa shape index (κ1) is 19.3. The minimum Gasteiger partial charge on any atom is -0.350 e. The maximum absolute atomic E-state index is 12.8. The van der Waals surface area contributed by atoms with Crippen LogP contribution in [0.1, 0.15) is 44.5 Å². The minimum atomic E-state index is -0.265. The number of nitrogens with one attached hydrogen (secondary N) is 1. The predicted octanol–water partition coefficient (Wildman–Crippen LogP) is 0.649. The third-order valence-corrected chi connectivity index (χ3v) is 5.47. The summed E-state index contributed by atoms with van der Waals surface area (Å²) in [7, 11) is 0. The Balaban J connectivity index is 1.67. The van der Waals surface area contributed by atoms with E-state index in [1.54, 1.807) is 24.2 Å². The number of carbonyl (C=O) groups excluding carboxylic acids is 3. The number of aryl methyl sites for hydroxylation is 1. The van der Waals surface area contributed by atoms with E-state index in [0.717, 1.165) is 5.69 Å². The van der Waals surface area contributed by atoms with E-state index in [9.17, 15) is 14.4 Å². The summed E-state index contributed by atoms with van der Waals surface area (Å²) < 4.78 is 0. The zero-order valence-electron chi connectivity index (χ0n) is 16.1. The summed E-state index contributed by atoms with van der Waals surface area (Å²) in [6.07, 6.45) is 5.01. The fourth-order valence-corrected chi connectivity index (χ4v) is 4.14. The Morgan fingerprint density at radius 2 is 2.04 bits per heavy atom. The van der Waals surface area contributed by atoms with Gasteiger partial charge in [0.2, 0.25) is 17.7 Å². The van der Waals surface area contributed by atoms with Crippen LogP contribution in [0.3, 0.4) is 0 Å². The number of fused-ring (bicyclic) bond motifs is 1. The topological polar surface area (TPSA) is 95.5 Å². The summed E-state index contributed by atoms with van der Waals surface area (Å²) in [5, 5.41) is 2.93. The van der Waals surface area contributed by atoms with E-state index >= 15 is 0 Å². The second kappa shape index (κ2) is 8.02. The second-order valence-corrected chi connectivity index (χ2v) is 7.27. The quantitative estimate of drug-likeness (QED) is 0.818. The lowest BCUT2D eigenvalue weighted by Crippen LogP contribution is -2.57. The number of hydrogen-bond donors (Lipinski definition) is 1. The van der Waals surface area contributed by atoms with Gasteiger partial charge in [-0.15, -0.1) is 0 Å².